The molecule has 0 bridgehead atoms. The molecule has 0 radical (unpaired) electrons. The first kappa shape index (κ1) is 13.5. The largest absolute Gasteiger partial charge is 0.468 e. The Morgan fingerprint density at radius 2 is 2.05 bits per heavy atom. The van der Waals surface area contributed by atoms with Gasteiger partial charge in [0.2, 0.25) is 0 Å². The lowest BCUT2D eigenvalue weighted by Gasteiger charge is -2.32. The summed E-state index contributed by atoms with van der Waals surface area (Å²) in [5, 5.41) is 1.90. The minimum Gasteiger partial charge on any atom is -0.468 e. The average Bonchev–Trinajstić information content (AvgIpc) is 3.07. The summed E-state index contributed by atoms with van der Waals surface area (Å²) in [6.45, 7) is 6.32. The van der Waals surface area contributed by atoms with Gasteiger partial charge < -0.3 is 18.7 Å². The third-order valence-electron chi connectivity index (χ3n) is 3.72. The number of hydroxylamine groups is 2. The maximum absolute atomic E-state index is 5.78. The normalized spacial score (nSPS) is 26.4. The first-order valence-electron chi connectivity index (χ1n) is 6.91. The van der Waals surface area contributed by atoms with Crippen LogP contribution in [0.15, 0.2) is 34.3 Å². The fraction of sp³-hybridized carbons (Fsp3) is 0.600. The molecule has 5 heteroatoms. The van der Waals surface area contributed by atoms with Gasteiger partial charge in [-0.05, 0) is 12.1 Å². The van der Waals surface area contributed by atoms with Crippen LogP contribution in [0.5, 0.6) is 0 Å². The van der Waals surface area contributed by atoms with Gasteiger partial charge in [0.15, 0.2) is 0 Å². The highest BCUT2D eigenvalue weighted by molar-refractivity contribution is 5.19. The van der Waals surface area contributed by atoms with Gasteiger partial charge >= 0.3 is 0 Å². The number of rotatable bonds is 2. The molecule has 2 fully saturated rings. The van der Waals surface area contributed by atoms with E-state index in [2.05, 4.69) is 13.8 Å². The van der Waals surface area contributed by atoms with E-state index in [9.17, 15) is 0 Å². The van der Waals surface area contributed by atoms with Crippen LogP contribution in [-0.4, -0.2) is 31.9 Å². The number of furan rings is 1. The average molecular weight is 279 g/mol. The van der Waals surface area contributed by atoms with Crippen molar-refractivity contribution in [3.8, 4) is 0 Å². The summed E-state index contributed by atoms with van der Waals surface area (Å²) >= 11 is 0. The molecule has 5 nitrogen and oxygen atoms in total. The first-order valence-corrected chi connectivity index (χ1v) is 6.91. The lowest BCUT2D eigenvalue weighted by Crippen LogP contribution is -2.31. The van der Waals surface area contributed by atoms with Crippen LogP contribution >= 0.6 is 0 Å². The molecule has 1 aromatic rings. The van der Waals surface area contributed by atoms with Crippen molar-refractivity contribution in [1.82, 2.24) is 5.06 Å². The molecular formula is C15H21NO4. The predicted octanol–water partition coefficient (Wildman–Crippen LogP) is 2.87. The van der Waals surface area contributed by atoms with Gasteiger partial charge in [0.25, 0.3) is 5.95 Å². The van der Waals surface area contributed by atoms with E-state index >= 15 is 0 Å². The van der Waals surface area contributed by atoms with Crippen LogP contribution < -0.4 is 0 Å². The first-order chi connectivity index (χ1) is 9.59. The molecule has 0 amide bonds. The van der Waals surface area contributed by atoms with E-state index in [0.29, 0.717) is 25.7 Å². The molecule has 20 heavy (non-hydrogen) atoms. The third kappa shape index (κ3) is 2.55. The Hall–Kier alpha value is -1.46. The molecular weight excluding hydrogens is 258 g/mol. The zero-order valence-corrected chi connectivity index (χ0v) is 12.2. The number of hydrogen-bond acceptors (Lipinski definition) is 5. The van der Waals surface area contributed by atoms with E-state index in [-0.39, 0.29) is 11.5 Å². The number of ether oxygens (including phenoxy) is 2. The second-order valence-corrected chi connectivity index (χ2v) is 6.13. The van der Waals surface area contributed by atoms with Crippen molar-refractivity contribution in [2.45, 2.75) is 26.3 Å². The maximum atomic E-state index is 5.78. The van der Waals surface area contributed by atoms with Gasteiger partial charge in [0, 0.05) is 17.4 Å². The van der Waals surface area contributed by atoms with Crippen LogP contribution in [0.3, 0.4) is 0 Å². The minimum absolute atomic E-state index is 0.0734. The predicted molar refractivity (Wildman–Crippen MR) is 72.5 cm³/mol. The van der Waals surface area contributed by atoms with E-state index in [0.717, 1.165) is 17.8 Å². The van der Waals surface area contributed by atoms with Crippen molar-refractivity contribution < 1.29 is 18.7 Å². The van der Waals surface area contributed by atoms with Gasteiger partial charge in [-0.25, -0.2) is 0 Å². The summed E-state index contributed by atoms with van der Waals surface area (Å²) < 4.78 is 17.1. The molecule has 3 rings (SSSR count). The summed E-state index contributed by atoms with van der Waals surface area (Å²) in [5.74, 6) is 1.57. The fourth-order valence-corrected chi connectivity index (χ4v) is 2.57. The zero-order valence-electron chi connectivity index (χ0n) is 12.2. The third-order valence-corrected chi connectivity index (χ3v) is 3.72. The van der Waals surface area contributed by atoms with Crippen molar-refractivity contribution in [2.24, 2.45) is 5.41 Å². The van der Waals surface area contributed by atoms with E-state index in [4.69, 9.17) is 18.7 Å². The molecule has 2 saturated heterocycles. The number of hydrogen-bond donors (Lipinski definition) is 0. The molecule has 0 aliphatic carbocycles. The molecule has 0 aromatic carbocycles. The molecule has 110 valence electrons. The second kappa shape index (κ2) is 5.14. The molecule has 2 aliphatic heterocycles. The highest BCUT2D eigenvalue weighted by atomic mass is 16.7. The number of nitrogens with zero attached hydrogens (tertiary/aromatic N) is 1. The highest BCUT2D eigenvalue weighted by Gasteiger charge is 2.36. The van der Waals surface area contributed by atoms with E-state index in [1.807, 2.05) is 17.2 Å². The molecule has 0 N–H and O–H groups in total. The monoisotopic (exact) mass is 279 g/mol. The Balaban J connectivity index is 1.77. The summed E-state index contributed by atoms with van der Waals surface area (Å²) in [6.07, 6.45) is 2.49. The lowest BCUT2D eigenvalue weighted by molar-refractivity contribution is -0.145. The fourth-order valence-electron chi connectivity index (χ4n) is 2.57. The molecule has 3 heterocycles. The van der Waals surface area contributed by atoms with Crippen LogP contribution in [0.1, 0.15) is 32.1 Å². The summed E-state index contributed by atoms with van der Waals surface area (Å²) in [5.41, 5.74) is 1.20. The Bertz CT molecular complexity index is 480. The smallest absolute Gasteiger partial charge is 0.279 e. The maximum Gasteiger partial charge on any atom is 0.279 e. The van der Waals surface area contributed by atoms with Crippen LogP contribution in [0.4, 0.5) is 0 Å². The highest BCUT2D eigenvalue weighted by Crippen LogP contribution is 2.38. The quantitative estimate of drug-likeness (QED) is 0.833. The Labute approximate surface area is 119 Å². The van der Waals surface area contributed by atoms with Gasteiger partial charge in [0.1, 0.15) is 5.76 Å². The Morgan fingerprint density at radius 3 is 2.65 bits per heavy atom. The summed E-state index contributed by atoms with van der Waals surface area (Å²) in [6, 6.07) is 3.94. The van der Waals surface area contributed by atoms with Crippen LogP contribution in [-0.2, 0) is 14.3 Å². The van der Waals surface area contributed by atoms with Crippen molar-refractivity contribution in [1.29, 1.82) is 0 Å². The van der Waals surface area contributed by atoms with Crippen LogP contribution in [0.25, 0.3) is 0 Å². The standard InChI is InChI=1S/C15H21NO4/c1-15(2)9-19-14(20-10-15)11-7-12(16(8-11)17-3)13-5-4-6-18-13/h4-6,12H,7-10H2,1-3H3. The van der Waals surface area contributed by atoms with Crippen LogP contribution in [0, 0.1) is 5.41 Å². The Morgan fingerprint density at radius 1 is 1.30 bits per heavy atom. The molecule has 2 aliphatic rings. The van der Waals surface area contributed by atoms with E-state index in [1.165, 1.54) is 0 Å². The van der Waals surface area contributed by atoms with Crippen molar-refractivity contribution in [3.63, 3.8) is 0 Å². The zero-order chi connectivity index (χ0) is 14.2. The molecule has 0 spiro atoms. The summed E-state index contributed by atoms with van der Waals surface area (Å²) in [7, 11) is 1.68. The summed E-state index contributed by atoms with van der Waals surface area (Å²) in [4.78, 5) is 5.44. The topological polar surface area (TPSA) is 44.1 Å². The van der Waals surface area contributed by atoms with E-state index < -0.39 is 0 Å². The van der Waals surface area contributed by atoms with Crippen LogP contribution in [0.2, 0.25) is 0 Å². The van der Waals surface area contributed by atoms with Gasteiger partial charge in [0.05, 0.1) is 39.2 Å². The van der Waals surface area contributed by atoms with Gasteiger partial charge in [-0.1, -0.05) is 13.8 Å². The van der Waals surface area contributed by atoms with Gasteiger partial charge in [-0.2, -0.15) is 5.06 Å². The van der Waals surface area contributed by atoms with Crippen molar-refractivity contribution in [2.75, 3.05) is 26.9 Å². The lowest BCUT2D eigenvalue weighted by atomic mass is 9.96. The van der Waals surface area contributed by atoms with Gasteiger partial charge in [-0.3, -0.25) is 0 Å². The molecule has 1 atom stereocenters. The van der Waals surface area contributed by atoms with Crippen molar-refractivity contribution in [3.05, 3.63) is 35.7 Å². The molecule has 1 aromatic heterocycles. The molecule has 1 unspecified atom stereocenters. The Kier molecular flexibility index (Phi) is 3.48. The molecule has 0 saturated carbocycles. The van der Waals surface area contributed by atoms with Gasteiger partial charge in [-0.15, -0.1) is 0 Å². The second-order valence-electron chi connectivity index (χ2n) is 6.13. The van der Waals surface area contributed by atoms with Crippen molar-refractivity contribution >= 4 is 0 Å². The SMILES string of the molecule is CON1CC(=C2OCC(C)(C)CO2)CC1c1ccco1. The van der Waals surface area contributed by atoms with E-state index in [1.54, 1.807) is 13.4 Å². The minimum atomic E-state index is 0.0734.